The molecule has 0 aliphatic carbocycles. The molecule has 0 saturated carbocycles. The van der Waals surface area contributed by atoms with Crippen LogP contribution < -0.4 is 5.73 Å². The van der Waals surface area contributed by atoms with Crippen molar-refractivity contribution in [1.29, 1.82) is 0 Å². The minimum Gasteiger partial charge on any atom is -0.318 e. The van der Waals surface area contributed by atoms with Gasteiger partial charge in [-0.15, -0.1) is 0 Å². The fourth-order valence-corrected chi connectivity index (χ4v) is 0.764. The first-order valence-corrected chi connectivity index (χ1v) is 3.20. The highest BCUT2D eigenvalue weighted by Gasteiger charge is 2.02. The summed E-state index contributed by atoms with van der Waals surface area (Å²) in [4.78, 5) is 10.2. The molecular weight excluding hydrogens is 145 g/mol. The minimum atomic E-state index is -0.643. The van der Waals surface area contributed by atoms with E-state index in [1.165, 1.54) is 24.3 Å². The summed E-state index contributed by atoms with van der Waals surface area (Å²) < 4.78 is 12.3. The summed E-state index contributed by atoms with van der Waals surface area (Å²) in [6.45, 7) is 0. The van der Waals surface area contributed by atoms with Crippen LogP contribution in [0.5, 0.6) is 0 Å². The second-order valence-electron chi connectivity index (χ2n) is 2.21. The number of halogens is 1. The fourth-order valence-electron chi connectivity index (χ4n) is 0.764. The molecule has 1 atom stereocenters. The Kier molecular flexibility index (Phi) is 2.33. The first kappa shape index (κ1) is 7.88. The Labute approximate surface area is 63.8 Å². The molecule has 0 unspecified atom stereocenters. The van der Waals surface area contributed by atoms with Crippen LogP contribution in [0.1, 0.15) is 11.6 Å². The number of benzene rings is 1. The van der Waals surface area contributed by atoms with Crippen LogP contribution in [0.15, 0.2) is 24.3 Å². The summed E-state index contributed by atoms with van der Waals surface area (Å²) in [6.07, 6.45) is 0.618. The molecule has 0 aliphatic heterocycles. The number of hydrogen-bond donors (Lipinski definition) is 1. The number of carbonyl (C=O) groups is 1. The second-order valence-corrected chi connectivity index (χ2v) is 2.21. The van der Waals surface area contributed by atoms with Gasteiger partial charge in [0, 0.05) is 0 Å². The zero-order valence-corrected chi connectivity index (χ0v) is 5.83. The normalized spacial score (nSPS) is 12.5. The number of carbonyl (C=O) groups excluding carboxylic acids is 1. The van der Waals surface area contributed by atoms with Gasteiger partial charge in [0.25, 0.3) is 0 Å². The molecule has 0 aliphatic rings. The smallest absolute Gasteiger partial charge is 0.141 e. The van der Waals surface area contributed by atoms with Crippen LogP contribution >= 0.6 is 0 Å². The fraction of sp³-hybridized carbons (Fsp3) is 0.125. The van der Waals surface area contributed by atoms with Crippen molar-refractivity contribution in [3.63, 3.8) is 0 Å². The van der Waals surface area contributed by atoms with E-state index in [4.69, 9.17) is 5.73 Å². The van der Waals surface area contributed by atoms with Gasteiger partial charge in [-0.2, -0.15) is 0 Å². The minimum absolute atomic E-state index is 0.327. The van der Waals surface area contributed by atoms with Gasteiger partial charge >= 0.3 is 0 Å². The van der Waals surface area contributed by atoms with E-state index in [0.717, 1.165) is 0 Å². The van der Waals surface area contributed by atoms with Crippen molar-refractivity contribution < 1.29 is 9.18 Å². The van der Waals surface area contributed by atoms with Gasteiger partial charge < -0.3 is 10.5 Å². The highest BCUT2D eigenvalue weighted by molar-refractivity contribution is 5.60. The van der Waals surface area contributed by atoms with Gasteiger partial charge in [0.2, 0.25) is 0 Å². The molecule has 0 bridgehead atoms. The maximum Gasteiger partial charge on any atom is 0.141 e. The van der Waals surface area contributed by atoms with Crippen molar-refractivity contribution in [3.8, 4) is 0 Å². The summed E-state index contributed by atoms with van der Waals surface area (Å²) >= 11 is 0. The summed E-state index contributed by atoms with van der Waals surface area (Å²) in [6, 6.07) is 4.90. The molecule has 0 heterocycles. The molecule has 2 nitrogen and oxygen atoms in total. The van der Waals surface area contributed by atoms with Crippen molar-refractivity contribution in [2.45, 2.75) is 6.04 Å². The third kappa shape index (κ3) is 1.85. The molecule has 3 heteroatoms. The lowest BCUT2D eigenvalue weighted by atomic mass is 10.1. The molecule has 0 radical (unpaired) electrons. The van der Waals surface area contributed by atoms with E-state index in [2.05, 4.69) is 0 Å². The molecular formula is C8H8FNO. The van der Waals surface area contributed by atoms with Crippen LogP contribution in [0.25, 0.3) is 0 Å². The molecule has 1 aromatic carbocycles. The number of rotatable bonds is 2. The molecule has 0 fully saturated rings. The quantitative estimate of drug-likeness (QED) is 0.644. The zero-order chi connectivity index (χ0) is 8.27. The van der Waals surface area contributed by atoms with Crippen LogP contribution in [0.2, 0.25) is 0 Å². The zero-order valence-electron chi connectivity index (χ0n) is 5.83. The first-order valence-electron chi connectivity index (χ1n) is 3.20. The van der Waals surface area contributed by atoms with E-state index < -0.39 is 6.04 Å². The lowest BCUT2D eigenvalue weighted by molar-refractivity contribution is -0.109. The van der Waals surface area contributed by atoms with E-state index in [1.807, 2.05) is 0 Å². The Morgan fingerprint density at radius 3 is 2.36 bits per heavy atom. The predicted molar refractivity (Wildman–Crippen MR) is 39.4 cm³/mol. The van der Waals surface area contributed by atoms with Crippen molar-refractivity contribution >= 4 is 6.29 Å². The van der Waals surface area contributed by atoms with Crippen molar-refractivity contribution in [2.24, 2.45) is 5.73 Å². The summed E-state index contributed by atoms with van der Waals surface area (Å²) in [5.41, 5.74) is 5.98. The first-order chi connectivity index (χ1) is 5.24. The van der Waals surface area contributed by atoms with E-state index in [1.54, 1.807) is 0 Å². The van der Waals surface area contributed by atoms with Crippen molar-refractivity contribution in [3.05, 3.63) is 35.6 Å². The van der Waals surface area contributed by atoms with Gasteiger partial charge in [-0.25, -0.2) is 4.39 Å². The number of nitrogens with two attached hydrogens (primary N) is 1. The largest absolute Gasteiger partial charge is 0.318 e. The molecule has 1 aromatic rings. The molecule has 2 N–H and O–H groups in total. The Morgan fingerprint density at radius 2 is 1.91 bits per heavy atom. The highest BCUT2D eigenvalue weighted by Crippen LogP contribution is 2.08. The molecule has 58 valence electrons. The third-order valence-corrected chi connectivity index (χ3v) is 1.40. The average Bonchev–Trinajstić information content (AvgIpc) is 2.05. The van der Waals surface area contributed by atoms with Gasteiger partial charge in [-0.05, 0) is 17.7 Å². The maximum atomic E-state index is 12.3. The molecule has 0 spiro atoms. The SMILES string of the molecule is N[C@@H](C=O)c1ccc(F)cc1. The van der Waals surface area contributed by atoms with Crippen molar-refractivity contribution in [2.75, 3.05) is 0 Å². The summed E-state index contributed by atoms with van der Waals surface area (Å²) in [5.74, 6) is -0.327. The number of aldehydes is 1. The monoisotopic (exact) mass is 153 g/mol. The van der Waals surface area contributed by atoms with Gasteiger partial charge in [0.15, 0.2) is 0 Å². The lowest BCUT2D eigenvalue weighted by Crippen LogP contribution is -2.10. The van der Waals surface area contributed by atoms with Crippen LogP contribution in [0.3, 0.4) is 0 Å². The number of hydrogen-bond acceptors (Lipinski definition) is 2. The predicted octanol–water partition coefficient (Wildman–Crippen LogP) is 1.02. The molecule has 0 amide bonds. The Hall–Kier alpha value is -1.22. The summed E-state index contributed by atoms with van der Waals surface area (Å²) in [7, 11) is 0. The van der Waals surface area contributed by atoms with E-state index in [0.29, 0.717) is 11.8 Å². The van der Waals surface area contributed by atoms with Crippen LogP contribution in [0.4, 0.5) is 4.39 Å². The van der Waals surface area contributed by atoms with Gasteiger partial charge in [-0.3, -0.25) is 0 Å². The topological polar surface area (TPSA) is 43.1 Å². The standard InChI is InChI=1S/C8H8FNO/c9-7-3-1-6(2-4-7)8(10)5-11/h1-5,8H,10H2/t8-/m0/s1. The van der Waals surface area contributed by atoms with Crippen LogP contribution in [0, 0.1) is 5.82 Å². The molecule has 0 saturated heterocycles. The van der Waals surface area contributed by atoms with E-state index in [-0.39, 0.29) is 5.82 Å². The van der Waals surface area contributed by atoms with Crippen LogP contribution in [-0.2, 0) is 4.79 Å². The average molecular weight is 153 g/mol. The lowest BCUT2D eigenvalue weighted by Gasteiger charge is -2.01. The van der Waals surface area contributed by atoms with Crippen molar-refractivity contribution in [1.82, 2.24) is 0 Å². The molecule has 1 rings (SSSR count). The van der Waals surface area contributed by atoms with Crippen LogP contribution in [-0.4, -0.2) is 6.29 Å². The van der Waals surface area contributed by atoms with Gasteiger partial charge in [-0.1, -0.05) is 12.1 Å². The van der Waals surface area contributed by atoms with E-state index in [9.17, 15) is 9.18 Å². The second kappa shape index (κ2) is 3.25. The molecule has 0 aromatic heterocycles. The highest BCUT2D eigenvalue weighted by atomic mass is 19.1. The van der Waals surface area contributed by atoms with Gasteiger partial charge in [0.05, 0.1) is 6.04 Å². The third-order valence-electron chi connectivity index (χ3n) is 1.40. The Balaban J connectivity index is 2.89. The summed E-state index contributed by atoms with van der Waals surface area (Å²) in [5, 5.41) is 0. The Bertz CT molecular complexity index is 245. The van der Waals surface area contributed by atoms with E-state index >= 15 is 0 Å². The maximum absolute atomic E-state index is 12.3. The van der Waals surface area contributed by atoms with Gasteiger partial charge in [0.1, 0.15) is 12.1 Å². The molecule has 11 heavy (non-hydrogen) atoms. The Morgan fingerprint density at radius 1 is 1.36 bits per heavy atom.